The van der Waals surface area contributed by atoms with Crippen molar-refractivity contribution in [2.75, 3.05) is 6.61 Å². The smallest absolute Gasteiger partial charge is 0.274 e. The third-order valence-electron chi connectivity index (χ3n) is 5.72. The van der Waals surface area contributed by atoms with Gasteiger partial charge in [-0.25, -0.2) is 4.98 Å². The van der Waals surface area contributed by atoms with Crippen molar-refractivity contribution in [3.8, 4) is 0 Å². The highest BCUT2D eigenvalue weighted by atomic mass is 35.5. The fourth-order valence-corrected chi connectivity index (χ4v) is 5.88. The van der Waals surface area contributed by atoms with Gasteiger partial charge in [0.05, 0.1) is 30.4 Å². The van der Waals surface area contributed by atoms with Gasteiger partial charge >= 0.3 is 0 Å². The fraction of sp³-hybridized carbons (Fsp3) is 0.250. The Bertz CT molecular complexity index is 1360. The van der Waals surface area contributed by atoms with Gasteiger partial charge in [-0.15, -0.1) is 0 Å². The first-order valence-electron chi connectivity index (χ1n) is 11.9. The van der Waals surface area contributed by atoms with Crippen LogP contribution in [0.1, 0.15) is 42.4 Å². The van der Waals surface area contributed by atoms with E-state index < -0.39 is 0 Å². The van der Waals surface area contributed by atoms with Crippen molar-refractivity contribution in [3.63, 3.8) is 0 Å². The molecule has 6 nitrogen and oxygen atoms in total. The molecule has 0 saturated heterocycles. The molecule has 0 radical (unpaired) electrons. The molecule has 0 aliphatic heterocycles. The molecule has 1 heterocycles. The number of ether oxygens (including phenoxy) is 1. The number of nitro benzene ring substituents is 1. The van der Waals surface area contributed by atoms with Gasteiger partial charge in [0.25, 0.3) is 5.69 Å². The zero-order valence-electron chi connectivity index (χ0n) is 20.6. The Labute approximate surface area is 230 Å². The molecule has 192 valence electrons. The van der Waals surface area contributed by atoms with E-state index in [1.54, 1.807) is 18.2 Å². The van der Waals surface area contributed by atoms with Gasteiger partial charge in [-0.2, -0.15) is 0 Å². The van der Waals surface area contributed by atoms with Crippen LogP contribution < -0.4 is 0 Å². The van der Waals surface area contributed by atoms with Crippen molar-refractivity contribution < 1.29 is 9.66 Å². The van der Waals surface area contributed by atoms with Crippen LogP contribution in [0.4, 0.5) is 5.69 Å². The van der Waals surface area contributed by atoms with Gasteiger partial charge < -0.3 is 9.30 Å². The first kappa shape index (κ1) is 27.2. The third kappa shape index (κ3) is 7.14. The highest BCUT2D eigenvalue weighted by Gasteiger charge is 2.23. The number of benzene rings is 3. The van der Waals surface area contributed by atoms with Gasteiger partial charge in [0.2, 0.25) is 0 Å². The van der Waals surface area contributed by atoms with E-state index in [0.29, 0.717) is 41.8 Å². The van der Waals surface area contributed by atoms with Crippen LogP contribution in [0.5, 0.6) is 0 Å². The number of nitrogens with zero attached hydrogens (tertiary/aromatic N) is 3. The molecule has 0 spiro atoms. The summed E-state index contributed by atoms with van der Waals surface area (Å²) in [5.74, 6) is 0.943. The third-order valence-corrected chi connectivity index (χ3v) is 7.25. The van der Waals surface area contributed by atoms with Gasteiger partial charge in [0.15, 0.2) is 0 Å². The van der Waals surface area contributed by atoms with Crippen molar-refractivity contribution in [2.45, 2.75) is 49.3 Å². The molecule has 4 aromatic rings. The summed E-state index contributed by atoms with van der Waals surface area (Å²) in [6.45, 7) is 5.45. The zero-order chi connectivity index (χ0) is 26.4. The van der Waals surface area contributed by atoms with Crippen LogP contribution in [0.15, 0.2) is 82.7 Å². The minimum Gasteiger partial charge on any atom is -0.376 e. The molecule has 0 bridgehead atoms. The molecule has 0 aliphatic rings. The lowest BCUT2D eigenvalue weighted by atomic mass is 10.1. The van der Waals surface area contributed by atoms with Gasteiger partial charge in [-0.05, 0) is 29.7 Å². The van der Waals surface area contributed by atoms with Gasteiger partial charge in [0.1, 0.15) is 10.9 Å². The number of aromatic nitrogens is 2. The fourth-order valence-electron chi connectivity index (χ4n) is 3.96. The highest BCUT2D eigenvalue weighted by molar-refractivity contribution is 7.99. The summed E-state index contributed by atoms with van der Waals surface area (Å²) in [6, 6.07) is 22.2. The standard InChI is InChI=1S/C28H27Cl2N3O3S/c1-19(2)27-28(37-24-15-22(29)14-23(30)16-24)32(17-21-10-6-7-11-25(21)33(34)35)26(31-27)12-13-36-18-20-8-4-3-5-9-20/h3-11,14-16,19H,12-13,17-18H2,1-2H3. The topological polar surface area (TPSA) is 70.2 Å². The second-order valence-electron chi connectivity index (χ2n) is 8.84. The number of hydrogen-bond acceptors (Lipinski definition) is 5. The number of imidazole rings is 1. The normalized spacial score (nSPS) is 11.3. The van der Waals surface area contributed by atoms with E-state index >= 15 is 0 Å². The van der Waals surface area contributed by atoms with Crippen LogP contribution in [-0.2, 0) is 24.3 Å². The SMILES string of the molecule is CC(C)c1nc(CCOCc2ccccc2)n(Cc2ccccc2[N+](=O)[O-])c1Sc1cc(Cl)cc(Cl)c1. The van der Waals surface area contributed by atoms with Crippen molar-refractivity contribution in [1.82, 2.24) is 9.55 Å². The molecular formula is C28H27Cl2N3O3S. The van der Waals surface area contributed by atoms with Crippen LogP contribution in [0.3, 0.4) is 0 Å². The average Bonchev–Trinajstić information content (AvgIpc) is 3.19. The Balaban J connectivity index is 1.69. The summed E-state index contributed by atoms with van der Waals surface area (Å²) >= 11 is 14.1. The van der Waals surface area contributed by atoms with Gasteiger partial charge in [-0.1, -0.05) is 97.3 Å². The van der Waals surface area contributed by atoms with Crippen molar-refractivity contribution in [2.24, 2.45) is 0 Å². The monoisotopic (exact) mass is 555 g/mol. The number of hydrogen-bond donors (Lipinski definition) is 0. The van der Waals surface area contributed by atoms with E-state index in [2.05, 4.69) is 18.4 Å². The number of para-hydroxylation sites is 1. The van der Waals surface area contributed by atoms with E-state index in [9.17, 15) is 10.1 Å². The van der Waals surface area contributed by atoms with E-state index in [-0.39, 0.29) is 16.5 Å². The summed E-state index contributed by atoms with van der Waals surface area (Å²) in [4.78, 5) is 17.3. The number of nitro groups is 1. The van der Waals surface area contributed by atoms with Crippen LogP contribution in [0.25, 0.3) is 0 Å². The van der Waals surface area contributed by atoms with Crippen LogP contribution in [0, 0.1) is 10.1 Å². The average molecular weight is 557 g/mol. The Morgan fingerprint density at radius 1 is 1.03 bits per heavy atom. The molecule has 0 atom stereocenters. The van der Waals surface area contributed by atoms with Gasteiger partial charge in [0, 0.05) is 33.0 Å². The van der Waals surface area contributed by atoms with Crippen LogP contribution in [-0.4, -0.2) is 21.1 Å². The Morgan fingerprint density at radius 3 is 2.38 bits per heavy atom. The molecule has 3 aromatic carbocycles. The summed E-state index contributed by atoms with van der Waals surface area (Å²) in [5.41, 5.74) is 2.70. The maximum absolute atomic E-state index is 11.7. The van der Waals surface area contributed by atoms with Crippen molar-refractivity contribution in [3.05, 3.63) is 116 Å². The maximum atomic E-state index is 11.7. The second kappa shape index (κ2) is 12.6. The van der Waals surface area contributed by atoms with E-state index in [4.69, 9.17) is 32.9 Å². The summed E-state index contributed by atoms with van der Waals surface area (Å²) in [5, 5.41) is 13.7. The Hall–Kier alpha value is -2.84. The number of rotatable bonds is 11. The number of halogens is 2. The lowest BCUT2D eigenvalue weighted by molar-refractivity contribution is -0.385. The molecule has 37 heavy (non-hydrogen) atoms. The summed E-state index contributed by atoms with van der Waals surface area (Å²) < 4.78 is 8.01. The second-order valence-corrected chi connectivity index (χ2v) is 10.8. The lowest BCUT2D eigenvalue weighted by Gasteiger charge is -2.14. The largest absolute Gasteiger partial charge is 0.376 e. The molecule has 1 aromatic heterocycles. The highest BCUT2D eigenvalue weighted by Crippen LogP contribution is 2.38. The first-order chi connectivity index (χ1) is 17.8. The molecule has 0 fully saturated rings. The molecule has 9 heteroatoms. The minimum absolute atomic E-state index is 0.0790. The lowest BCUT2D eigenvalue weighted by Crippen LogP contribution is -2.11. The van der Waals surface area contributed by atoms with E-state index in [0.717, 1.165) is 27.0 Å². The zero-order valence-corrected chi connectivity index (χ0v) is 22.9. The molecule has 0 N–H and O–H groups in total. The van der Waals surface area contributed by atoms with E-state index in [1.165, 1.54) is 17.8 Å². The summed E-state index contributed by atoms with van der Waals surface area (Å²) in [6.07, 6.45) is 0.560. The first-order valence-corrected chi connectivity index (χ1v) is 13.5. The molecule has 4 rings (SSSR count). The predicted molar refractivity (Wildman–Crippen MR) is 149 cm³/mol. The minimum atomic E-state index is -0.345. The maximum Gasteiger partial charge on any atom is 0.274 e. The quantitative estimate of drug-likeness (QED) is 0.106. The molecular weight excluding hydrogens is 529 g/mol. The predicted octanol–water partition coefficient (Wildman–Crippen LogP) is 8.18. The summed E-state index contributed by atoms with van der Waals surface area (Å²) in [7, 11) is 0. The molecule has 0 unspecified atom stereocenters. The van der Waals surface area contributed by atoms with Crippen LogP contribution in [0.2, 0.25) is 10.0 Å². The Morgan fingerprint density at radius 2 is 1.70 bits per heavy atom. The van der Waals surface area contributed by atoms with Crippen LogP contribution >= 0.6 is 35.0 Å². The molecule has 0 aliphatic carbocycles. The van der Waals surface area contributed by atoms with Crippen molar-refractivity contribution >= 4 is 40.7 Å². The Kier molecular flexibility index (Phi) is 9.27. The van der Waals surface area contributed by atoms with Crippen molar-refractivity contribution in [1.29, 1.82) is 0 Å². The van der Waals surface area contributed by atoms with E-state index in [1.807, 2.05) is 48.5 Å². The molecule has 0 amide bonds. The van der Waals surface area contributed by atoms with Gasteiger partial charge in [-0.3, -0.25) is 10.1 Å². The molecule has 0 saturated carbocycles.